The van der Waals surface area contributed by atoms with Crippen LogP contribution in [0.2, 0.25) is 0 Å². The Bertz CT molecular complexity index is 913. The van der Waals surface area contributed by atoms with Crippen LogP contribution in [0.1, 0.15) is 33.9 Å². The summed E-state index contributed by atoms with van der Waals surface area (Å²) in [7, 11) is 1.67. The van der Waals surface area contributed by atoms with Crippen molar-refractivity contribution in [1.82, 2.24) is 14.9 Å². The van der Waals surface area contributed by atoms with Gasteiger partial charge in [-0.3, -0.25) is 4.79 Å². The molecule has 3 rings (SSSR count). The first-order valence-electron chi connectivity index (χ1n) is 9.64. The molecule has 1 saturated heterocycles. The Morgan fingerprint density at radius 3 is 2.76 bits per heavy atom. The van der Waals surface area contributed by atoms with E-state index in [1.54, 1.807) is 19.2 Å². The molecule has 29 heavy (non-hydrogen) atoms. The van der Waals surface area contributed by atoms with E-state index in [1.807, 2.05) is 31.2 Å². The second-order valence-corrected chi connectivity index (χ2v) is 7.03. The Hall–Kier alpha value is -3.19. The average molecular weight is 393 g/mol. The Kier molecular flexibility index (Phi) is 6.97. The summed E-state index contributed by atoms with van der Waals surface area (Å²) in [6, 6.07) is 13.4. The number of ether oxygens (including phenoxy) is 1. The van der Waals surface area contributed by atoms with Crippen molar-refractivity contribution < 1.29 is 9.53 Å². The molecule has 0 spiro atoms. The van der Waals surface area contributed by atoms with Gasteiger partial charge in [0.2, 0.25) is 5.91 Å². The van der Waals surface area contributed by atoms with E-state index in [-0.39, 0.29) is 6.04 Å². The molecule has 7 nitrogen and oxygen atoms in total. The number of aromatic nitrogens is 2. The number of nitrogens with one attached hydrogen (secondary N) is 1. The number of hydrogen-bond donors (Lipinski definition) is 2. The first-order chi connectivity index (χ1) is 14.1. The standard InChI is InChI=1S/C22H27N5O2/c1-16-6-3-8-18(21(23)28)13-24-15-25-22(16)26-20(14-27-10-5-11-27)17-7-4-9-19(12-17)29-2/h3-4,6-9,12-13,15,20H,5,10-11,14H2,1-2H3,(H2,23,28)(H,24,25,26). The number of aryl methyl sites for hydroxylation is 1. The second-order valence-electron chi connectivity index (χ2n) is 7.03. The van der Waals surface area contributed by atoms with Gasteiger partial charge in [0.15, 0.2) is 0 Å². The van der Waals surface area contributed by atoms with Crippen LogP contribution in [-0.4, -0.2) is 47.5 Å². The van der Waals surface area contributed by atoms with Crippen LogP contribution in [0, 0.1) is 6.92 Å². The van der Waals surface area contributed by atoms with Gasteiger partial charge >= 0.3 is 0 Å². The Labute approximate surface area is 171 Å². The molecule has 1 atom stereocenters. The molecule has 1 aliphatic heterocycles. The van der Waals surface area contributed by atoms with Gasteiger partial charge in [-0.15, -0.1) is 0 Å². The van der Waals surface area contributed by atoms with Crippen LogP contribution in [0.25, 0.3) is 0 Å². The predicted octanol–water partition coefficient (Wildman–Crippen LogP) is 2.88. The highest BCUT2D eigenvalue weighted by Crippen LogP contribution is 2.25. The van der Waals surface area contributed by atoms with Crippen molar-refractivity contribution in [2.24, 2.45) is 5.73 Å². The first-order valence-corrected chi connectivity index (χ1v) is 9.64. The predicted molar refractivity (Wildman–Crippen MR) is 113 cm³/mol. The van der Waals surface area contributed by atoms with Crippen molar-refractivity contribution in [2.75, 3.05) is 32.1 Å². The quantitative estimate of drug-likeness (QED) is 0.751. The maximum atomic E-state index is 11.4. The van der Waals surface area contributed by atoms with Crippen LogP contribution >= 0.6 is 0 Å². The third kappa shape index (κ3) is 5.65. The Morgan fingerprint density at radius 2 is 2.07 bits per heavy atom. The number of methoxy groups -OCH3 is 1. The molecule has 1 aromatic carbocycles. The molecule has 0 bridgehead atoms. The van der Waals surface area contributed by atoms with Gasteiger partial charge < -0.3 is 20.7 Å². The van der Waals surface area contributed by atoms with Gasteiger partial charge in [-0.1, -0.05) is 24.3 Å². The average Bonchev–Trinajstić information content (AvgIpc) is 2.69. The van der Waals surface area contributed by atoms with Gasteiger partial charge in [0.25, 0.3) is 0 Å². The van der Waals surface area contributed by atoms with E-state index >= 15 is 0 Å². The van der Waals surface area contributed by atoms with Crippen LogP contribution < -0.4 is 15.8 Å². The van der Waals surface area contributed by atoms with Crippen molar-refractivity contribution in [3.63, 3.8) is 0 Å². The molecule has 1 fully saturated rings. The van der Waals surface area contributed by atoms with E-state index in [4.69, 9.17) is 10.5 Å². The number of amides is 1. The number of nitrogens with zero attached hydrogens (tertiary/aromatic N) is 3. The summed E-state index contributed by atoms with van der Waals surface area (Å²) in [5, 5.41) is 3.57. The highest BCUT2D eigenvalue weighted by molar-refractivity contribution is 5.92. The first kappa shape index (κ1) is 20.5. The van der Waals surface area contributed by atoms with E-state index in [0.29, 0.717) is 5.56 Å². The zero-order chi connectivity index (χ0) is 20.6. The zero-order valence-electron chi connectivity index (χ0n) is 16.8. The molecule has 7 heteroatoms. The van der Waals surface area contributed by atoms with Gasteiger partial charge in [-0.2, -0.15) is 0 Å². The van der Waals surface area contributed by atoms with Crippen LogP contribution in [0.15, 0.2) is 55.0 Å². The fraction of sp³-hybridized carbons (Fsp3) is 0.318. The maximum Gasteiger partial charge on any atom is 0.250 e. The number of anilines is 1. The van der Waals surface area contributed by atoms with Gasteiger partial charge in [-0.25, -0.2) is 9.97 Å². The smallest absolute Gasteiger partial charge is 0.250 e. The van der Waals surface area contributed by atoms with Crippen molar-refractivity contribution in [2.45, 2.75) is 19.4 Å². The molecule has 2 aromatic rings. The summed E-state index contributed by atoms with van der Waals surface area (Å²) >= 11 is 0. The molecular weight excluding hydrogens is 366 g/mol. The molecule has 1 unspecified atom stereocenters. The lowest BCUT2D eigenvalue weighted by Crippen LogP contribution is -2.41. The summed E-state index contributed by atoms with van der Waals surface area (Å²) in [5.74, 6) is 1.02. The lowest BCUT2D eigenvalue weighted by molar-refractivity contribution is 0.1000. The summed E-state index contributed by atoms with van der Waals surface area (Å²) < 4.78 is 5.40. The number of carbonyl (C=O) groups excluding carboxylic acids is 1. The van der Waals surface area contributed by atoms with Gasteiger partial charge in [0.1, 0.15) is 17.9 Å². The fourth-order valence-electron chi connectivity index (χ4n) is 3.10. The van der Waals surface area contributed by atoms with Crippen molar-refractivity contribution in [1.29, 1.82) is 0 Å². The maximum absolute atomic E-state index is 11.4. The van der Waals surface area contributed by atoms with Gasteiger partial charge in [0.05, 0.1) is 18.7 Å². The number of nitrogens with two attached hydrogens (primary N) is 1. The van der Waals surface area contributed by atoms with Crippen molar-refractivity contribution >= 4 is 11.7 Å². The number of benzene rings is 1. The van der Waals surface area contributed by atoms with Crippen LogP contribution in [0.5, 0.6) is 5.75 Å². The minimum atomic E-state index is -0.528. The Balaban J connectivity index is 1.93. The molecule has 152 valence electrons. The van der Waals surface area contributed by atoms with Crippen molar-refractivity contribution in [3.8, 4) is 5.75 Å². The Morgan fingerprint density at radius 1 is 1.28 bits per heavy atom. The van der Waals surface area contributed by atoms with E-state index in [0.717, 1.165) is 42.3 Å². The lowest BCUT2D eigenvalue weighted by atomic mass is 10.0. The third-order valence-electron chi connectivity index (χ3n) is 4.94. The number of primary amides is 1. The summed E-state index contributed by atoms with van der Waals surface area (Å²) in [6.45, 7) is 5.05. The normalized spacial score (nSPS) is 14.3. The van der Waals surface area contributed by atoms with Crippen LogP contribution in [0.4, 0.5) is 5.82 Å². The number of carbonyl (C=O) groups is 1. The van der Waals surface area contributed by atoms with Gasteiger partial charge in [0, 0.05) is 12.7 Å². The van der Waals surface area contributed by atoms with Gasteiger partial charge in [-0.05, 0) is 55.8 Å². The number of likely N-dealkylation sites (tertiary alicyclic amines) is 1. The highest BCUT2D eigenvalue weighted by atomic mass is 16.5. The molecule has 0 saturated carbocycles. The molecule has 1 amide bonds. The van der Waals surface area contributed by atoms with E-state index in [1.165, 1.54) is 18.9 Å². The topological polar surface area (TPSA) is 93.4 Å². The summed E-state index contributed by atoms with van der Waals surface area (Å²) in [4.78, 5) is 22.4. The lowest BCUT2D eigenvalue weighted by Gasteiger charge is -2.35. The highest BCUT2D eigenvalue weighted by Gasteiger charge is 2.21. The largest absolute Gasteiger partial charge is 0.497 e. The van der Waals surface area contributed by atoms with E-state index in [2.05, 4.69) is 26.3 Å². The molecule has 2 heterocycles. The molecule has 1 aliphatic rings. The molecule has 0 aliphatic carbocycles. The van der Waals surface area contributed by atoms with Crippen molar-refractivity contribution in [3.05, 3.63) is 71.7 Å². The van der Waals surface area contributed by atoms with E-state index < -0.39 is 5.91 Å². The van der Waals surface area contributed by atoms with Crippen LogP contribution in [-0.2, 0) is 0 Å². The number of hydrogen-bond acceptors (Lipinski definition) is 6. The number of rotatable bonds is 7. The molecule has 1 aromatic heterocycles. The van der Waals surface area contributed by atoms with E-state index in [9.17, 15) is 4.79 Å². The van der Waals surface area contributed by atoms with Crippen LogP contribution in [0.3, 0.4) is 0 Å². The summed E-state index contributed by atoms with van der Waals surface area (Å²) in [5.41, 5.74) is 7.72. The SMILES string of the molecule is COc1cccc(C(CN2CCC2)Nc2ncncc(C(N)=O)cccc2C)c1. The zero-order valence-corrected chi connectivity index (χ0v) is 16.8. The second kappa shape index (κ2) is 9.84. The summed E-state index contributed by atoms with van der Waals surface area (Å²) in [6.07, 6.45) is 4.07. The monoisotopic (exact) mass is 393 g/mol. The third-order valence-corrected chi connectivity index (χ3v) is 4.94. The fourth-order valence-corrected chi connectivity index (χ4v) is 3.10. The minimum absolute atomic E-state index is 0.0459. The molecule has 0 radical (unpaired) electrons. The molecule has 3 N–H and O–H groups in total. The molecular formula is C22H27N5O2. The minimum Gasteiger partial charge on any atom is -0.497 e.